The molecule has 0 aliphatic carbocycles. The van der Waals surface area contributed by atoms with E-state index in [9.17, 15) is 4.79 Å². The molecule has 28 heavy (non-hydrogen) atoms. The van der Waals surface area contributed by atoms with E-state index in [1.165, 1.54) is 0 Å². The first-order valence-electron chi connectivity index (χ1n) is 8.87. The van der Waals surface area contributed by atoms with Gasteiger partial charge in [0.05, 0.1) is 20.2 Å². The minimum atomic E-state index is -0.477. The summed E-state index contributed by atoms with van der Waals surface area (Å²) in [6, 6.07) is 5.93. The van der Waals surface area contributed by atoms with Crippen molar-refractivity contribution in [3.05, 3.63) is 34.9 Å². The summed E-state index contributed by atoms with van der Waals surface area (Å²) in [7, 11) is 1.95. The fraction of sp³-hybridized carbons (Fsp3) is 0.333. The van der Waals surface area contributed by atoms with Gasteiger partial charge in [-0.3, -0.25) is 4.79 Å². The first-order valence-corrected chi connectivity index (χ1v) is 9.25. The number of hydrogen-bond acceptors (Lipinski definition) is 6. The lowest BCUT2D eigenvalue weighted by Gasteiger charge is -2.07. The molecule has 0 aliphatic rings. The van der Waals surface area contributed by atoms with Crippen LogP contribution in [0.4, 0.5) is 11.6 Å². The van der Waals surface area contributed by atoms with Crippen LogP contribution in [-0.2, 0) is 20.1 Å². The number of anilines is 2. The van der Waals surface area contributed by atoms with Crippen molar-refractivity contribution >= 4 is 40.2 Å². The number of nitrogens with zero attached hydrogens (tertiary/aromatic N) is 4. The van der Waals surface area contributed by atoms with Crippen LogP contribution in [-0.4, -0.2) is 27.0 Å². The zero-order valence-electron chi connectivity index (χ0n) is 16.0. The third kappa shape index (κ3) is 3.53. The molecule has 0 saturated carbocycles. The molecule has 0 radical (unpaired) electrons. The van der Waals surface area contributed by atoms with Gasteiger partial charge >= 0.3 is 0 Å². The van der Waals surface area contributed by atoms with E-state index in [0.29, 0.717) is 6.61 Å². The van der Waals surface area contributed by atoms with E-state index in [1.807, 2.05) is 43.7 Å². The van der Waals surface area contributed by atoms with E-state index in [0.717, 1.165) is 29.2 Å². The Balaban J connectivity index is 1.91. The van der Waals surface area contributed by atoms with E-state index < -0.39 is 5.91 Å². The minimum Gasteiger partial charge on any atom is -0.494 e. The van der Waals surface area contributed by atoms with E-state index in [-0.39, 0.29) is 29.0 Å². The van der Waals surface area contributed by atoms with Gasteiger partial charge in [0.25, 0.3) is 11.7 Å². The average molecular weight is 405 g/mol. The van der Waals surface area contributed by atoms with Gasteiger partial charge < -0.3 is 21.5 Å². The molecular formula is C18H23ClN7O2+. The molecule has 3 rings (SSSR count). The number of benzene rings is 1. The number of hydrogen-bond donors (Lipinski definition) is 3. The molecule has 0 unspecified atom stereocenters. The number of amides is 1. The van der Waals surface area contributed by atoms with Gasteiger partial charge in [-0.15, -0.1) is 0 Å². The van der Waals surface area contributed by atoms with Gasteiger partial charge in [-0.2, -0.15) is 0 Å². The molecule has 10 heteroatoms. The van der Waals surface area contributed by atoms with Crippen LogP contribution >= 0.6 is 11.6 Å². The molecule has 2 heterocycles. The van der Waals surface area contributed by atoms with Gasteiger partial charge in [0.1, 0.15) is 12.3 Å². The third-order valence-corrected chi connectivity index (χ3v) is 4.73. The Labute approximate surface area is 167 Å². The van der Waals surface area contributed by atoms with Gasteiger partial charge in [-0.05, 0) is 26.0 Å². The molecule has 0 bridgehead atoms. The number of halogens is 1. The molecule has 0 aliphatic heterocycles. The van der Waals surface area contributed by atoms with Crippen molar-refractivity contribution < 1.29 is 14.1 Å². The fourth-order valence-corrected chi connectivity index (χ4v) is 3.26. The van der Waals surface area contributed by atoms with Crippen LogP contribution in [0.15, 0.2) is 18.2 Å². The SMILES string of the molecule is CCOc1ccc2c(c1)n(CC)c(CNC(=O)c1nc(Cl)c(N)nc1N)[n+]2C. The Hall–Kier alpha value is -3.07. The molecule has 0 saturated heterocycles. The highest BCUT2D eigenvalue weighted by Gasteiger charge is 2.24. The highest BCUT2D eigenvalue weighted by atomic mass is 35.5. The largest absolute Gasteiger partial charge is 0.494 e. The number of fused-ring (bicyclic) bond motifs is 1. The summed E-state index contributed by atoms with van der Waals surface area (Å²) < 4.78 is 9.75. The Morgan fingerprint density at radius 1 is 1.29 bits per heavy atom. The zero-order valence-corrected chi connectivity index (χ0v) is 16.7. The van der Waals surface area contributed by atoms with Gasteiger partial charge in [-0.25, -0.2) is 19.1 Å². The molecule has 1 aromatic carbocycles. The topological polar surface area (TPSA) is 125 Å². The Kier molecular flexibility index (Phi) is 5.55. The maximum Gasteiger partial charge on any atom is 0.276 e. The summed E-state index contributed by atoms with van der Waals surface area (Å²) in [6.45, 7) is 5.59. The smallest absolute Gasteiger partial charge is 0.276 e. The highest BCUT2D eigenvalue weighted by molar-refractivity contribution is 6.31. The standard InChI is InChI=1S/C18H22ClN7O2/c1-4-26-12-8-10(28-5-2)6-7-11(12)25(3)13(26)9-22-18(27)14-16(20)24-17(21)15(19)23-14/h6-8H,4-5,9H2,1-3H3,(H4-,20,21,22,24,27)/p+1. The van der Waals surface area contributed by atoms with E-state index in [2.05, 4.69) is 19.9 Å². The highest BCUT2D eigenvalue weighted by Crippen LogP contribution is 2.21. The number of ether oxygens (including phenoxy) is 1. The summed E-state index contributed by atoms with van der Waals surface area (Å²) in [5.74, 6) is 1.15. The van der Waals surface area contributed by atoms with E-state index >= 15 is 0 Å². The molecule has 0 atom stereocenters. The van der Waals surface area contributed by atoms with E-state index in [1.54, 1.807) is 0 Å². The van der Waals surface area contributed by atoms with Crippen LogP contribution in [0.2, 0.25) is 5.15 Å². The van der Waals surface area contributed by atoms with Crippen molar-refractivity contribution in [2.24, 2.45) is 7.05 Å². The normalized spacial score (nSPS) is 11.0. The number of rotatable bonds is 6. The molecule has 5 N–H and O–H groups in total. The van der Waals surface area contributed by atoms with Crippen LogP contribution < -0.4 is 26.1 Å². The summed E-state index contributed by atoms with van der Waals surface area (Å²) >= 11 is 5.86. The summed E-state index contributed by atoms with van der Waals surface area (Å²) in [6.07, 6.45) is 0. The van der Waals surface area contributed by atoms with Crippen molar-refractivity contribution in [1.29, 1.82) is 0 Å². The lowest BCUT2D eigenvalue weighted by Crippen LogP contribution is -2.38. The molecule has 3 aromatic rings. The van der Waals surface area contributed by atoms with Crippen molar-refractivity contribution in [3.8, 4) is 5.75 Å². The number of carbonyl (C=O) groups is 1. The average Bonchev–Trinajstić information content (AvgIpc) is 2.93. The van der Waals surface area contributed by atoms with Crippen LogP contribution in [0.1, 0.15) is 30.2 Å². The van der Waals surface area contributed by atoms with Crippen molar-refractivity contribution in [2.45, 2.75) is 26.9 Å². The summed E-state index contributed by atoms with van der Waals surface area (Å²) in [5.41, 5.74) is 13.3. The third-order valence-electron chi connectivity index (χ3n) is 4.45. The number of nitrogens with one attached hydrogen (secondary N) is 1. The predicted octanol–water partition coefficient (Wildman–Crippen LogP) is 1.42. The lowest BCUT2D eigenvalue weighted by atomic mass is 10.3. The van der Waals surface area contributed by atoms with Crippen LogP contribution in [0, 0.1) is 0 Å². The van der Waals surface area contributed by atoms with Crippen LogP contribution in [0.3, 0.4) is 0 Å². The molecular weight excluding hydrogens is 382 g/mol. The number of imidazole rings is 1. The number of aryl methyl sites for hydroxylation is 2. The minimum absolute atomic E-state index is 0.0154. The number of nitrogen functional groups attached to an aromatic ring is 2. The number of aromatic nitrogens is 4. The second-order valence-corrected chi connectivity index (χ2v) is 6.48. The summed E-state index contributed by atoms with van der Waals surface area (Å²) in [5, 5.41) is 2.77. The first kappa shape index (κ1) is 19.7. The lowest BCUT2D eigenvalue weighted by molar-refractivity contribution is -0.654. The summed E-state index contributed by atoms with van der Waals surface area (Å²) in [4.78, 5) is 20.3. The van der Waals surface area contributed by atoms with Crippen LogP contribution in [0.5, 0.6) is 5.75 Å². The number of carbonyl (C=O) groups excluding carboxylic acids is 1. The second kappa shape index (κ2) is 7.89. The predicted molar refractivity (Wildman–Crippen MR) is 107 cm³/mol. The van der Waals surface area contributed by atoms with Gasteiger partial charge in [-0.1, -0.05) is 11.6 Å². The Bertz CT molecular complexity index is 1050. The van der Waals surface area contributed by atoms with Gasteiger partial charge in [0, 0.05) is 6.07 Å². The van der Waals surface area contributed by atoms with E-state index in [4.69, 9.17) is 27.8 Å². The fourth-order valence-electron chi connectivity index (χ4n) is 3.14. The van der Waals surface area contributed by atoms with Gasteiger partial charge in [0.2, 0.25) is 0 Å². The molecule has 0 spiro atoms. The monoisotopic (exact) mass is 404 g/mol. The molecule has 2 aromatic heterocycles. The molecule has 148 valence electrons. The maximum absolute atomic E-state index is 12.5. The van der Waals surface area contributed by atoms with Crippen molar-refractivity contribution in [1.82, 2.24) is 19.9 Å². The molecule has 0 fully saturated rings. The second-order valence-electron chi connectivity index (χ2n) is 6.12. The molecule has 9 nitrogen and oxygen atoms in total. The Morgan fingerprint density at radius 3 is 2.71 bits per heavy atom. The molecule has 1 amide bonds. The number of nitrogens with two attached hydrogens (primary N) is 2. The van der Waals surface area contributed by atoms with Crippen molar-refractivity contribution in [2.75, 3.05) is 18.1 Å². The zero-order chi connectivity index (χ0) is 20.4. The quantitative estimate of drug-likeness (QED) is 0.533. The van der Waals surface area contributed by atoms with Crippen LogP contribution in [0.25, 0.3) is 11.0 Å². The maximum atomic E-state index is 12.5. The Morgan fingerprint density at radius 2 is 2.04 bits per heavy atom. The van der Waals surface area contributed by atoms with Crippen molar-refractivity contribution in [3.63, 3.8) is 0 Å². The first-order chi connectivity index (χ1) is 13.4. The van der Waals surface area contributed by atoms with Gasteiger partial charge in [0.15, 0.2) is 33.5 Å².